The quantitative estimate of drug-likeness (QED) is 0.402. The van der Waals surface area contributed by atoms with Crippen molar-refractivity contribution in [1.29, 1.82) is 0 Å². The minimum Gasteiger partial charge on any atom is -0.724 e. The van der Waals surface area contributed by atoms with Gasteiger partial charge in [0.05, 0.1) is 7.11 Å². The molecular weight excluding hydrogens is 214 g/mol. The van der Waals surface area contributed by atoms with Crippen LogP contribution in [-0.2, 0) is 14.7 Å². The van der Waals surface area contributed by atoms with Crippen molar-refractivity contribution < 1.29 is 22.0 Å². The van der Waals surface area contributed by atoms with Crippen LogP contribution in [0.2, 0.25) is 0 Å². The Morgan fingerprint density at radius 2 is 2.29 bits per heavy atom. The van der Waals surface area contributed by atoms with Crippen molar-refractivity contribution in [3.8, 4) is 5.88 Å². The van der Waals surface area contributed by atoms with Gasteiger partial charge >= 0.3 is 0 Å². The fourth-order valence-corrected chi connectivity index (χ4v) is 0.770. The lowest BCUT2D eigenvalue weighted by molar-refractivity contribution is 0.306. The van der Waals surface area contributed by atoms with Gasteiger partial charge in [-0.15, -0.1) is 0 Å². The number of nitrogens with one attached hydrogen (secondary N) is 1. The van der Waals surface area contributed by atoms with Crippen LogP contribution in [-0.4, -0.2) is 30.0 Å². The van der Waals surface area contributed by atoms with Crippen molar-refractivity contribution in [2.75, 3.05) is 12.6 Å². The van der Waals surface area contributed by atoms with Gasteiger partial charge in [-0.05, 0) is 0 Å². The monoisotopic (exact) mass is 220 g/mol. The van der Waals surface area contributed by atoms with Crippen molar-refractivity contribution in [3.05, 3.63) is 12.3 Å². The first kappa shape index (κ1) is 10.6. The Morgan fingerprint density at radius 1 is 1.57 bits per heavy atom. The van der Waals surface area contributed by atoms with E-state index in [0.29, 0.717) is 0 Å². The molecule has 0 spiro atoms. The van der Waals surface area contributed by atoms with E-state index in [2.05, 4.69) is 14.3 Å². The molecular formula is C5H6N3O5S-. The topological polar surface area (TPSA) is 113 Å². The maximum absolute atomic E-state index is 10.0. The fraction of sp³-hybridized carbons (Fsp3) is 0.200. The first-order valence-electron chi connectivity index (χ1n) is 3.28. The van der Waals surface area contributed by atoms with E-state index in [-0.39, 0.29) is 11.8 Å². The van der Waals surface area contributed by atoms with Crippen LogP contribution in [0.1, 0.15) is 0 Å². The van der Waals surface area contributed by atoms with Crippen LogP contribution in [0.3, 0.4) is 0 Å². The summed E-state index contributed by atoms with van der Waals surface area (Å²) < 4.78 is 38.5. The maximum atomic E-state index is 10.0. The van der Waals surface area contributed by atoms with E-state index in [4.69, 9.17) is 4.74 Å². The summed E-state index contributed by atoms with van der Waals surface area (Å²) >= 11 is 0. The van der Waals surface area contributed by atoms with Crippen molar-refractivity contribution in [2.45, 2.75) is 0 Å². The molecule has 0 saturated carbocycles. The molecule has 78 valence electrons. The molecule has 0 aliphatic heterocycles. The molecule has 0 saturated heterocycles. The predicted molar refractivity (Wildman–Crippen MR) is 43.0 cm³/mol. The van der Waals surface area contributed by atoms with Crippen molar-refractivity contribution in [1.82, 2.24) is 9.97 Å². The lowest BCUT2D eigenvalue weighted by atomic mass is 10.6. The van der Waals surface area contributed by atoms with Gasteiger partial charge < -0.3 is 9.29 Å². The highest BCUT2D eigenvalue weighted by Gasteiger charge is 2.00. The largest absolute Gasteiger partial charge is 0.724 e. The standard InChI is InChI=1S/C5H7N3O5S/c1-12-4-2-3-6-5(7-4)8-13-14(9,10)11/h2-3H,1H3,(H,6,7,8)(H,9,10,11)/p-1. The van der Waals surface area contributed by atoms with Crippen LogP contribution < -0.4 is 10.2 Å². The van der Waals surface area contributed by atoms with Gasteiger partial charge in [-0.2, -0.15) is 9.27 Å². The molecule has 0 fully saturated rings. The normalized spacial score (nSPS) is 11.0. The zero-order valence-corrected chi connectivity index (χ0v) is 7.82. The van der Waals surface area contributed by atoms with Gasteiger partial charge in [0.2, 0.25) is 16.3 Å². The molecule has 1 rings (SSSR count). The highest BCUT2D eigenvalue weighted by molar-refractivity contribution is 7.80. The first-order valence-corrected chi connectivity index (χ1v) is 4.62. The van der Waals surface area contributed by atoms with E-state index in [1.165, 1.54) is 19.4 Å². The fourth-order valence-electron chi connectivity index (χ4n) is 0.593. The van der Waals surface area contributed by atoms with Crippen LogP contribution in [0.15, 0.2) is 12.3 Å². The molecule has 0 amide bonds. The van der Waals surface area contributed by atoms with Crippen LogP contribution in [0, 0.1) is 0 Å². The van der Waals surface area contributed by atoms with Gasteiger partial charge in [0.25, 0.3) is 5.95 Å². The number of nitrogens with zero attached hydrogens (tertiary/aromatic N) is 2. The van der Waals surface area contributed by atoms with Gasteiger partial charge in [0.1, 0.15) is 0 Å². The number of anilines is 1. The summed E-state index contributed by atoms with van der Waals surface area (Å²) in [6.07, 6.45) is 1.30. The minimum absolute atomic E-state index is 0.191. The second-order valence-corrected chi connectivity index (χ2v) is 3.00. The number of methoxy groups -OCH3 is 1. The third kappa shape index (κ3) is 3.51. The zero-order valence-electron chi connectivity index (χ0n) is 7.00. The minimum atomic E-state index is -4.82. The molecule has 0 atom stereocenters. The lowest BCUT2D eigenvalue weighted by Gasteiger charge is -2.07. The molecule has 0 unspecified atom stereocenters. The number of hydrogen-bond acceptors (Lipinski definition) is 8. The number of rotatable bonds is 4. The smallest absolute Gasteiger partial charge is 0.251 e. The Hall–Kier alpha value is -1.45. The molecule has 0 bridgehead atoms. The van der Waals surface area contributed by atoms with Crippen LogP contribution in [0.4, 0.5) is 5.95 Å². The molecule has 0 aromatic carbocycles. The number of ether oxygens (including phenoxy) is 1. The van der Waals surface area contributed by atoms with Crippen molar-refractivity contribution in [2.24, 2.45) is 0 Å². The van der Waals surface area contributed by atoms with Crippen LogP contribution in [0.5, 0.6) is 5.88 Å². The van der Waals surface area contributed by atoms with Crippen LogP contribution >= 0.6 is 0 Å². The second-order valence-electron chi connectivity index (χ2n) is 2.02. The zero-order chi connectivity index (χ0) is 10.6. The van der Waals surface area contributed by atoms with E-state index in [0.717, 1.165) is 0 Å². The number of hydrogen-bond donors (Lipinski definition) is 1. The van der Waals surface area contributed by atoms with Gasteiger partial charge in [-0.25, -0.2) is 18.9 Å². The third-order valence-electron chi connectivity index (χ3n) is 1.07. The average molecular weight is 220 g/mol. The predicted octanol–water partition coefficient (Wildman–Crippen LogP) is -0.711. The molecule has 0 aliphatic rings. The van der Waals surface area contributed by atoms with E-state index in [9.17, 15) is 13.0 Å². The Bertz CT molecular complexity index is 406. The van der Waals surface area contributed by atoms with Crippen molar-refractivity contribution >= 4 is 16.3 Å². The SMILES string of the molecule is COc1ccnc(NOS(=O)(=O)[O-])n1. The third-order valence-corrected chi connectivity index (χ3v) is 1.36. The van der Waals surface area contributed by atoms with Gasteiger partial charge in [0, 0.05) is 12.3 Å². The molecule has 1 N–H and O–H groups in total. The summed E-state index contributed by atoms with van der Waals surface area (Å²) in [5.74, 6) is 0.0122. The summed E-state index contributed by atoms with van der Waals surface area (Å²) in [5, 5.41) is 0. The molecule has 9 heteroatoms. The molecule has 8 nitrogen and oxygen atoms in total. The van der Waals surface area contributed by atoms with Gasteiger partial charge in [-0.3, -0.25) is 0 Å². The summed E-state index contributed by atoms with van der Waals surface area (Å²) in [6, 6.07) is 1.44. The average Bonchev–Trinajstić information content (AvgIpc) is 2.14. The van der Waals surface area contributed by atoms with Gasteiger partial charge in [0.15, 0.2) is 0 Å². The summed E-state index contributed by atoms with van der Waals surface area (Å²) in [6.45, 7) is 0. The van der Waals surface area contributed by atoms with Gasteiger partial charge in [-0.1, -0.05) is 0 Å². The highest BCUT2D eigenvalue weighted by Crippen LogP contribution is 2.07. The van der Waals surface area contributed by atoms with Crippen LogP contribution in [0.25, 0.3) is 0 Å². The van der Waals surface area contributed by atoms with E-state index in [1.807, 2.05) is 0 Å². The molecule has 1 heterocycles. The highest BCUT2D eigenvalue weighted by atomic mass is 32.3. The molecule has 0 radical (unpaired) electrons. The molecule has 14 heavy (non-hydrogen) atoms. The number of aromatic nitrogens is 2. The molecule has 1 aromatic heterocycles. The summed E-state index contributed by atoms with van der Waals surface area (Å²) in [5.41, 5.74) is 1.76. The Balaban J connectivity index is 2.68. The summed E-state index contributed by atoms with van der Waals surface area (Å²) in [4.78, 5) is 7.18. The Kier molecular flexibility index (Phi) is 3.17. The molecule has 1 aromatic rings. The van der Waals surface area contributed by atoms with Crippen molar-refractivity contribution in [3.63, 3.8) is 0 Å². The van der Waals surface area contributed by atoms with E-state index in [1.54, 1.807) is 5.48 Å². The molecule has 0 aliphatic carbocycles. The summed E-state index contributed by atoms with van der Waals surface area (Å²) in [7, 11) is -3.45. The lowest BCUT2D eigenvalue weighted by Crippen LogP contribution is -2.12. The van der Waals surface area contributed by atoms with E-state index >= 15 is 0 Å². The Labute approximate surface area is 79.8 Å². The maximum Gasteiger partial charge on any atom is 0.251 e. The first-order chi connectivity index (χ1) is 6.51. The Morgan fingerprint density at radius 3 is 2.86 bits per heavy atom. The van der Waals surface area contributed by atoms with E-state index < -0.39 is 10.4 Å². The second kappa shape index (κ2) is 4.17.